The molecule has 6 heteroatoms. The van der Waals surface area contributed by atoms with Gasteiger partial charge in [-0.2, -0.15) is 0 Å². The average Bonchev–Trinajstić information content (AvgIpc) is 2.71. The molecule has 1 unspecified atom stereocenters. The first kappa shape index (κ1) is 21.9. The molecule has 30 heavy (non-hydrogen) atoms. The third-order valence-electron chi connectivity index (χ3n) is 5.87. The maximum Gasteiger partial charge on any atom is 0.336 e. The molecular weight excluding hydrogens is 382 g/mol. The molecule has 162 valence electrons. The topological polar surface area (TPSA) is 73.9 Å². The van der Waals surface area contributed by atoms with Crippen LogP contribution in [-0.2, 0) is 14.3 Å². The van der Waals surface area contributed by atoms with E-state index in [1.54, 1.807) is 21.1 Å². The number of Topliss-reactive ketones (excluding diaryl/α,β-unsaturated/α-hetero) is 1. The summed E-state index contributed by atoms with van der Waals surface area (Å²) in [5, 5.41) is 3.41. The van der Waals surface area contributed by atoms with Crippen LogP contribution in [0.3, 0.4) is 0 Å². The molecule has 1 aliphatic carbocycles. The molecule has 6 nitrogen and oxygen atoms in total. The molecule has 0 spiro atoms. The zero-order chi connectivity index (χ0) is 22.1. The van der Waals surface area contributed by atoms with E-state index in [1.165, 1.54) is 0 Å². The standard InChI is InChI=1S/C24H31NO5/c1-7-17-21(23(27)30-8-2)20(16-10-9-15(28-5)12-19(16)29-6)22-18(25-17)11-14(26)13-24(22,3)4/h9-10,12,20,25H,7-8,11,13H2,1-6H3. The first-order valence-electron chi connectivity index (χ1n) is 10.4. The van der Waals surface area contributed by atoms with Gasteiger partial charge in [-0.05, 0) is 30.4 Å². The Morgan fingerprint density at radius 3 is 2.53 bits per heavy atom. The van der Waals surface area contributed by atoms with Crippen LogP contribution in [0.15, 0.2) is 40.7 Å². The molecule has 1 N–H and O–H groups in total. The molecular formula is C24H31NO5. The van der Waals surface area contributed by atoms with Crippen LogP contribution in [0, 0.1) is 5.41 Å². The summed E-state index contributed by atoms with van der Waals surface area (Å²) in [5.74, 6) is 0.803. The van der Waals surface area contributed by atoms with E-state index in [1.807, 2.05) is 25.1 Å². The van der Waals surface area contributed by atoms with Gasteiger partial charge < -0.3 is 19.5 Å². The molecule has 1 heterocycles. The van der Waals surface area contributed by atoms with E-state index in [9.17, 15) is 9.59 Å². The Balaban J connectivity index is 2.30. The highest BCUT2D eigenvalue weighted by Gasteiger charge is 2.46. The molecule has 3 rings (SSSR count). The van der Waals surface area contributed by atoms with Gasteiger partial charge in [-0.25, -0.2) is 4.79 Å². The lowest BCUT2D eigenvalue weighted by Crippen LogP contribution is -2.40. The lowest BCUT2D eigenvalue weighted by Gasteiger charge is -2.43. The molecule has 0 amide bonds. The van der Waals surface area contributed by atoms with Crippen LogP contribution in [0.4, 0.5) is 0 Å². The van der Waals surface area contributed by atoms with Crippen molar-refractivity contribution in [1.82, 2.24) is 5.32 Å². The number of esters is 1. The van der Waals surface area contributed by atoms with Crippen LogP contribution in [0.5, 0.6) is 11.5 Å². The number of allylic oxidation sites excluding steroid dienone is 3. The van der Waals surface area contributed by atoms with Gasteiger partial charge in [-0.3, -0.25) is 4.79 Å². The molecule has 1 aromatic rings. The zero-order valence-electron chi connectivity index (χ0n) is 18.7. The van der Waals surface area contributed by atoms with Gasteiger partial charge >= 0.3 is 5.97 Å². The minimum atomic E-state index is -0.412. The highest BCUT2D eigenvalue weighted by Crippen LogP contribution is 2.53. The van der Waals surface area contributed by atoms with Gasteiger partial charge in [-0.1, -0.05) is 26.8 Å². The summed E-state index contributed by atoms with van der Waals surface area (Å²) >= 11 is 0. The quantitative estimate of drug-likeness (QED) is 0.703. The molecule has 0 saturated carbocycles. The zero-order valence-corrected chi connectivity index (χ0v) is 18.7. The summed E-state index contributed by atoms with van der Waals surface area (Å²) in [5.41, 5.74) is 3.77. The third-order valence-corrected chi connectivity index (χ3v) is 5.87. The second kappa shape index (κ2) is 8.54. The van der Waals surface area contributed by atoms with E-state index in [0.717, 1.165) is 22.5 Å². The molecule has 0 bridgehead atoms. The van der Waals surface area contributed by atoms with E-state index in [2.05, 4.69) is 19.2 Å². The number of hydrogen-bond donors (Lipinski definition) is 1. The van der Waals surface area contributed by atoms with E-state index in [4.69, 9.17) is 14.2 Å². The fourth-order valence-electron chi connectivity index (χ4n) is 4.69. The molecule has 2 aliphatic rings. The second-order valence-electron chi connectivity index (χ2n) is 8.30. The van der Waals surface area contributed by atoms with E-state index >= 15 is 0 Å². The Kier molecular flexibility index (Phi) is 6.25. The average molecular weight is 414 g/mol. The van der Waals surface area contributed by atoms with Crippen molar-refractivity contribution in [1.29, 1.82) is 0 Å². The number of carbonyl (C=O) groups is 2. The fourth-order valence-corrected chi connectivity index (χ4v) is 4.69. The van der Waals surface area contributed by atoms with Crippen molar-refractivity contribution >= 4 is 11.8 Å². The van der Waals surface area contributed by atoms with Gasteiger partial charge in [0.2, 0.25) is 0 Å². The van der Waals surface area contributed by atoms with Crippen LogP contribution in [0.2, 0.25) is 0 Å². The summed E-state index contributed by atoms with van der Waals surface area (Å²) in [6, 6.07) is 5.64. The van der Waals surface area contributed by atoms with E-state index in [0.29, 0.717) is 42.9 Å². The first-order valence-corrected chi connectivity index (χ1v) is 10.4. The lowest BCUT2D eigenvalue weighted by atomic mass is 9.64. The van der Waals surface area contributed by atoms with Gasteiger partial charge in [0.25, 0.3) is 0 Å². The van der Waals surface area contributed by atoms with Crippen molar-refractivity contribution in [3.8, 4) is 11.5 Å². The Bertz CT molecular complexity index is 926. The maximum absolute atomic E-state index is 13.1. The second-order valence-corrected chi connectivity index (χ2v) is 8.30. The molecule has 1 aromatic carbocycles. The van der Waals surface area contributed by atoms with Crippen molar-refractivity contribution < 1.29 is 23.8 Å². The van der Waals surface area contributed by atoms with Crippen molar-refractivity contribution in [2.24, 2.45) is 5.41 Å². The van der Waals surface area contributed by atoms with Gasteiger partial charge in [0.05, 0.1) is 26.4 Å². The Morgan fingerprint density at radius 1 is 1.20 bits per heavy atom. The number of ether oxygens (including phenoxy) is 3. The van der Waals surface area contributed by atoms with E-state index < -0.39 is 5.41 Å². The van der Waals surface area contributed by atoms with Crippen molar-refractivity contribution in [3.63, 3.8) is 0 Å². The number of dihydropyridines is 1. The van der Waals surface area contributed by atoms with Crippen molar-refractivity contribution in [3.05, 3.63) is 46.3 Å². The number of hydrogen-bond acceptors (Lipinski definition) is 6. The molecule has 0 radical (unpaired) electrons. The number of ketones is 1. The monoisotopic (exact) mass is 413 g/mol. The fraction of sp³-hybridized carbons (Fsp3) is 0.500. The number of nitrogens with one attached hydrogen (secondary N) is 1. The molecule has 0 aromatic heterocycles. The summed E-state index contributed by atoms with van der Waals surface area (Å²) in [6.07, 6.45) is 1.39. The summed E-state index contributed by atoms with van der Waals surface area (Å²) in [7, 11) is 3.22. The largest absolute Gasteiger partial charge is 0.497 e. The molecule has 1 aliphatic heterocycles. The molecule has 0 fully saturated rings. The van der Waals surface area contributed by atoms with E-state index in [-0.39, 0.29) is 17.7 Å². The lowest BCUT2D eigenvalue weighted by molar-refractivity contribution is -0.138. The Morgan fingerprint density at radius 2 is 1.93 bits per heavy atom. The predicted octanol–water partition coefficient (Wildman–Crippen LogP) is 4.26. The van der Waals surface area contributed by atoms with Crippen LogP contribution >= 0.6 is 0 Å². The smallest absolute Gasteiger partial charge is 0.336 e. The number of benzene rings is 1. The molecule has 0 saturated heterocycles. The minimum absolute atomic E-state index is 0.196. The van der Waals surface area contributed by atoms with Crippen LogP contribution in [-0.4, -0.2) is 32.6 Å². The Hall–Kier alpha value is -2.76. The number of methoxy groups -OCH3 is 2. The van der Waals surface area contributed by atoms with Crippen LogP contribution < -0.4 is 14.8 Å². The summed E-state index contributed by atoms with van der Waals surface area (Å²) in [6.45, 7) is 8.20. The number of rotatable bonds is 6. The normalized spacial score (nSPS) is 20.5. The third kappa shape index (κ3) is 3.83. The SMILES string of the molecule is CCOC(=O)C1=C(CC)NC2=C(C1c1ccc(OC)cc1OC)C(C)(C)CC(=O)C2. The first-order chi connectivity index (χ1) is 14.3. The summed E-state index contributed by atoms with van der Waals surface area (Å²) < 4.78 is 16.5. The maximum atomic E-state index is 13.1. The van der Waals surface area contributed by atoms with Crippen molar-refractivity contribution in [2.75, 3.05) is 20.8 Å². The van der Waals surface area contributed by atoms with Crippen LogP contribution in [0.25, 0.3) is 0 Å². The van der Waals surface area contributed by atoms with Crippen LogP contribution in [0.1, 0.15) is 58.4 Å². The predicted molar refractivity (Wildman–Crippen MR) is 114 cm³/mol. The Labute approximate surface area is 178 Å². The van der Waals surface area contributed by atoms with Gasteiger partial charge in [-0.15, -0.1) is 0 Å². The van der Waals surface area contributed by atoms with Gasteiger partial charge in [0, 0.05) is 41.8 Å². The highest BCUT2D eigenvalue weighted by molar-refractivity contribution is 5.94. The van der Waals surface area contributed by atoms with Crippen molar-refractivity contribution in [2.45, 2.75) is 52.9 Å². The molecule has 1 atom stereocenters. The van der Waals surface area contributed by atoms with Gasteiger partial charge in [0.1, 0.15) is 17.3 Å². The highest BCUT2D eigenvalue weighted by atomic mass is 16.5. The summed E-state index contributed by atoms with van der Waals surface area (Å²) in [4.78, 5) is 25.6. The minimum Gasteiger partial charge on any atom is -0.497 e. The van der Waals surface area contributed by atoms with Gasteiger partial charge in [0.15, 0.2) is 0 Å². The number of carbonyl (C=O) groups excluding carboxylic acids is 2.